The number of rotatable bonds is 5. The quantitative estimate of drug-likeness (QED) is 0.784. The maximum atomic E-state index is 12.5. The van der Waals surface area contributed by atoms with Gasteiger partial charge in [-0.25, -0.2) is 0 Å². The van der Waals surface area contributed by atoms with Crippen LogP contribution in [0.1, 0.15) is 36.6 Å². The van der Waals surface area contributed by atoms with E-state index in [1.165, 1.54) is 9.58 Å². The molecule has 0 saturated carbocycles. The fourth-order valence-electron chi connectivity index (χ4n) is 3.37. The topological polar surface area (TPSA) is 52.6 Å². The van der Waals surface area contributed by atoms with Gasteiger partial charge in [-0.2, -0.15) is 0 Å². The van der Waals surface area contributed by atoms with Crippen LogP contribution in [0.4, 0.5) is 0 Å². The third-order valence-electron chi connectivity index (χ3n) is 4.22. The normalized spacial score (nSPS) is 19.6. The molecule has 2 atom stereocenters. The van der Waals surface area contributed by atoms with E-state index in [1.807, 2.05) is 18.2 Å². The van der Waals surface area contributed by atoms with E-state index in [-0.39, 0.29) is 30.2 Å². The zero-order valence-corrected chi connectivity index (χ0v) is 14.2. The Bertz CT molecular complexity index is 734. The Hall–Kier alpha value is -1.88. The molecule has 0 fully saturated rings. The van der Waals surface area contributed by atoms with Crippen LogP contribution < -0.4 is 0 Å². The Morgan fingerprint density at radius 1 is 1.17 bits per heavy atom. The van der Waals surface area contributed by atoms with Crippen molar-refractivity contribution in [2.45, 2.75) is 32.6 Å². The summed E-state index contributed by atoms with van der Waals surface area (Å²) in [4.78, 5) is 25.6. The first-order valence-corrected chi connectivity index (χ1v) is 8.79. The molecule has 1 heterocycles. The number of esters is 2. The van der Waals surface area contributed by atoms with Crippen molar-refractivity contribution in [3.05, 3.63) is 34.7 Å². The summed E-state index contributed by atoms with van der Waals surface area (Å²) in [5.74, 6) is -0.917. The number of hydrogen-bond donors (Lipinski definition) is 0. The molecule has 1 aliphatic carbocycles. The Balaban J connectivity index is 1.96. The highest BCUT2D eigenvalue weighted by Gasteiger charge is 2.42. The van der Waals surface area contributed by atoms with Gasteiger partial charge in [0, 0.05) is 16.0 Å². The summed E-state index contributed by atoms with van der Waals surface area (Å²) >= 11 is 1.71. The predicted octanol–water partition coefficient (Wildman–Crippen LogP) is 3.67. The zero-order chi connectivity index (χ0) is 16.4. The Morgan fingerprint density at radius 2 is 1.91 bits per heavy atom. The highest BCUT2D eigenvalue weighted by molar-refractivity contribution is 7.19. The van der Waals surface area contributed by atoms with Crippen molar-refractivity contribution >= 4 is 33.4 Å². The second-order valence-electron chi connectivity index (χ2n) is 5.64. The van der Waals surface area contributed by atoms with Crippen molar-refractivity contribution in [3.8, 4) is 0 Å². The average molecular weight is 332 g/mol. The summed E-state index contributed by atoms with van der Waals surface area (Å²) in [6.07, 6.45) is 0.990. The van der Waals surface area contributed by atoms with E-state index in [2.05, 4.69) is 6.07 Å². The average Bonchev–Trinajstić information content (AvgIpc) is 3.02. The van der Waals surface area contributed by atoms with Crippen LogP contribution in [-0.2, 0) is 25.5 Å². The number of benzene rings is 1. The highest BCUT2D eigenvalue weighted by atomic mass is 32.1. The molecule has 0 unspecified atom stereocenters. The molecule has 3 rings (SSSR count). The number of carbonyl (C=O) groups is 2. The van der Waals surface area contributed by atoms with Crippen molar-refractivity contribution in [3.63, 3.8) is 0 Å². The van der Waals surface area contributed by atoms with Crippen LogP contribution in [0.15, 0.2) is 24.3 Å². The lowest BCUT2D eigenvalue weighted by atomic mass is 9.89. The van der Waals surface area contributed by atoms with Crippen LogP contribution in [0.25, 0.3) is 10.1 Å². The lowest BCUT2D eigenvalue weighted by Gasteiger charge is -2.18. The summed E-state index contributed by atoms with van der Waals surface area (Å²) in [6.45, 7) is 4.30. The molecule has 0 saturated heterocycles. The van der Waals surface area contributed by atoms with E-state index in [1.54, 1.807) is 25.2 Å². The SMILES string of the molecule is CCOC(=O)C[C@H]1Cc2sc3ccccc3c2[C@H]1C(=O)OCC. The van der Waals surface area contributed by atoms with Crippen molar-refractivity contribution in [2.75, 3.05) is 13.2 Å². The molecular formula is C18H20O4S. The van der Waals surface area contributed by atoms with Gasteiger partial charge in [0.05, 0.1) is 19.1 Å². The molecule has 23 heavy (non-hydrogen) atoms. The molecule has 4 nitrogen and oxygen atoms in total. The Morgan fingerprint density at radius 3 is 2.65 bits per heavy atom. The molecule has 5 heteroatoms. The van der Waals surface area contributed by atoms with E-state index in [0.29, 0.717) is 13.2 Å². The molecular weight excluding hydrogens is 312 g/mol. The molecule has 2 aromatic rings. The molecule has 1 aromatic heterocycles. The molecule has 0 amide bonds. The van der Waals surface area contributed by atoms with Gasteiger partial charge in [0.25, 0.3) is 0 Å². The first-order chi connectivity index (χ1) is 11.2. The molecule has 1 aliphatic rings. The Labute approximate surface area is 139 Å². The maximum absolute atomic E-state index is 12.5. The molecule has 0 aliphatic heterocycles. The van der Waals surface area contributed by atoms with E-state index in [4.69, 9.17) is 9.47 Å². The van der Waals surface area contributed by atoms with Gasteiger partial charge in [-0.05, 0) is 43.2 Å². The molecule has 0 spiro atoms. The van der Waals surface area contributed by atoms with Gasteiger partial charge in [-0.3, -0.25) is 9.59 Å². The van der Waals surface area contributed by atoms with Gasteiger partial charge < -0.3 is 9.47 Å². The number of ether oxygens (including phenoxy) is 2. The smallest absolute Gasteiger partial charge is 0.313 e. The van der Waals surface area contributed by atoms with Crippen LogP contribution in [0.5, 0.6) is 0 Å². The third kappa shape index (κ3) is 2.98. The van der Waals surface area contributed by atoms with Crippen LogP contribution in [0.3, 0.4) is 0 Å². The van der Waals surface area contributed by atoms with Crippen molar-refractivity contribution in [1.29, 1.82) is 0 Å². The summed E-state index contributed by atoms with van der Waals surface area (Å²) in [7, 11) is 0. The predicted molar refractivity (Wildman–Crippen MR) is 89.6 cm³/mol. The van der Waals surface area contributed by atoms with Gasteiger partial charge in [0.2, 0.25) is 0 Å². The lowest BCUT2D eigenvalue weighted by molar-refractivity contribution is -0.148. The van der Waals surface area contributed by atoms with Crippen LogP contribution in [0, 0.1) is 5.92 Å². The summed E-state index contributed by atoms with van der Waals surface area (Å²) in [5, 5.41) is 1.11. The van der Waals surface area contributed by atoms with Crippen LogP contribution >= 0.6 is 11.3 Å². The summed E-state index contributed by atoms with van der Waals surface area (Å²) in [6, 6.07) is 8.10. The van der Waals surface area contributed by atoms with E-state index in [0.717, 1.165) is 17.4 Å². The fraction of sp³-hybridized carbons (Fsp3) is 0.444. The van der Waals surface area contributed by atoms with E-state index < -0.39 is 0 Å². The second-order valence-corrected chi connectivity index (χ2v) is 6.77. The first-order valence-electron chi connectivity index (χ1n) is 7.98. The maximum Gasteiger partial charge on any atom is 0.313 e. The molecule has 1 aromatic carbocycles. The summed E-state index contributed by atoms with van der Waals surface area (Å²) < 4.78 is 11.5. The monoisotopic (exact) mass is 332 g/mol. The minimum atomic E-state index is -0.370. The minimum Gasteiger partial charge on any atom is -0.466 e. The Kier molecular flexibility index (Phi) is 4.66. The number of fused-ring (bicyclic) bond motifs is 3. The molecule has 0 radical (unpaired) electrons. The second kappa shape index (κ2) is 6.71. The zero-order valence-electron chi connectivity index (χ0n) is 13.3. The van der Waals surface area contributed by atoms with Crippen LogP contribution in [0.2, 0.25) is 0 Å². The van der Waals surface area contributed by atoms with E-state index in [9.17, 15) is 9.59 Å². The molecule has 122 valence electrons. The third-order valence-corrected chi connectivity index (χ3v) is 5.42. The molecule has 0 bridgehead atoms. The van der Waals surface area contributed by atoms with Crippen molar-refractivity contribution in [2.24, 2.45) is 5.92 Å². The minimum absolute atomic E-state index is 0.0704. The number of carbonyl (C=O) groups excluding carboxylic acids is 2. The lowest BCUT2D eigenvalue weighted by Crippen LogP contribution is -2.23. The van der Waals surface area contributed by atoms with Gasteiger partial charge >= 0.3 is 11.9 Å². The highest BCUT2D eigenvalue weighted by Crippen LogP contribution is 2.48. The van der Waals surface area contributed by atoms with Crippen molar-refractivity contribution in [1.82, 2.24) is 0 Å². The van der Waals surface area contributed by atoms with Gasteiger partial charge in [-0.15, -0.1) is 11.3 Å². The van der Waals surface area contributed by atoms with E-state index >= 15 is 0 Å². The standard InChI is InChI=1S/C18H20O4S/c1-3-21-15(19)10-11-9-14-17(16(11)18(20)22-4-2)12-7-5-6-8-13(12)23-14/h5-8,11,16H,3-4,9-10H2,1-2H3/t11-,16+/m1/s1. The number of hydrogen-bond acceptors (Lipinski definition) is 5. The molecule has 0 N–H and O–H groups in total. The summed E-state index contributed by atoms with van der Waals surface area (Å²) in [5.41, 5.74) is 1.05. The first kappa shape index (κ1) is 16.0. The largest absolute Gasteiger partial charge is 0.466 e. The fourth-order valence-corrected chi connectivity index (χ4v) is 4.71. The van der Waals surface area contributed by atoms with Gasteiger partial charge in [0.1, 0.15) is 0 Å². The number of thiophene rings is 1. The van der Waals surface area contributed by atoms with Gasteiger partial charge in [-0.1, -0.05) is 18.2 Å². The van der Waals surface area contributed by atoms with Crippen LogP contribution in [-0.4, -0.2) is 25.2 Å². The van der Waals surface area contributed by atoms with Gasteiger partial charge in [0.15, 0.2) is 0 Å². The van der Waals surface area contributed by atoms with Crippen molar-refractivity contribution < 1.29 is 19.1 Å².